The van der Waals surface area contributed by atoms with Gasteiger partial charge in [-0.25, -0.2) is 0 Å². The van der Waals surface area contributed by atoms with Crippen molar-refractivity contribution in [2.24, 2.45) is 5.92 Å². The van der Waals surface area contributed by atoms with Crippen molar-refractivity contribution in [3.05, 3.63) is 57.8 Å². The Kier molecular flexibility index (Phi) is 7.05. The van der Waals surface area contributed by atoms with E-state index >= 15 is 0 Å². The Morgan fingerprint density at radius 3 is 2.48 bits per heavy atom. The van der Waals surface area contributed by atoms with Crippen LogP contribution in [0.4, 0.5) is 0 Å². The Balaban J connectivity index is 1.45. The molecule has 0 unspecified atom stereocenters. The van der Waals surface area contributed by atoms with Gasteiger partial charge in [-0.05, 0) is 29.9 Å². The lowest BCUT2D eigenvalue weighted by Crippen LogP contribution is -2.49. The van der Waals surface area contributed by atoms with Gasteiger partial charge in [-0.1, -0.05) is 49.7 Å². The minimum Gasteiger partial charge on any atom is -0.347 e. The molecule has 1 saturated heterocycles. The molecule has 3 rings (SSSR count). The van der Waals surface area contributed by atoms with Crippen molar-refractivity contribution in [2.45, 2.75) is 33.4 Å². The van der Waals surface area contributed by atoms with E-state index in [0.29, 0.717) is 12.5 Å². The largest absolute Gasteiger partial charge is 0.347 e. The summed E-state index contributed by atoms with van der Waals surface area (Å²) in [6.45, 7) is 11.9. The number of thiophene rings is 1. The summed E-state index contributed by atoms with van der Waals surface area (Å²) in [5.41, 5.74) is 2.69. The minimum atomic E-state index is 0.111. The number of hydrogen-bond donors (Lipinski definition) is 1. The van der Waals surface area contributed by atoms with E-state index in [1.165, 1.54) is 16.0 Å². The topological polar surface area (TPSA) is 35.6 Å². The van der Waals surface area contributed by atoms with Gasteiger partial charge >= 0.3 is 0 Å². The number of nitrogens with zero attached hydrogens (tertiary/aromatic N) is 2. The summed E-state index contributed by atoms with van der Waals surface area (Å²) in [4.78, 5) is 18.6. The summed E-state index contributed by atoms with van der Waals surface area (Å²) in [7, 11) is 0. The normalized spacial score (nSPS) is 17.2. The number of hydrogen-bond acceptors (Lipinski definition) is 4. The number of carbonyl (C=O) groups excluding carboxylic acids is 1. The van der Waals surface area contributed by atoms with E-state index < -0.39 is 0 Å². The highest BCUT2D eigenvalue weighted by molar-refractivity contribution is 7.10. The molecule has 5 heteroatoms. The van der Waals surface area contributed by atoms with Crippen LogP contribution in [0.2, 0.25) is 0 Å². The standard InChI is InChI=1S/C22H31N3OS/c1-17(2)22(20-8-5-13-27-20)23-21(26)16-25-11-9-24(10-12-25)15-19-7-4-6-18(3)14-19/h4-8,13-14,17,22H,9-12,15-16H2,1-3H3,(H,23,26)/t22-/m1/s1. The van der Waals surface area contributed by atoms with Gasteiger partial charge in [0.2, 0.25) is 5.91 Å². The van der Waals surface area contributed by atoms with E-state index in [1.807, 2.05) is 0 Å². The molecule has 0 bridgehead atoms. The molecule has 0 saturated carbocycles. The molecule has 4 nitrogen and oxygen atoms in total. The molecule has 1 aliphatic rings. The SMILES string of the molecule is Cc1cccc(CN2CCN(CC(=O)N[C@@H](c3cccs3)C(C)C)CC2)c1. The number of aryl methyl sites for hydroxylation is 1. The molecule has 0 spiro atoms. The van der Waals surface area contributed by atoms with Crippen molar-refractivity contribution >= 4 is 17.2 Å². The molecule has 2 aromatic rings. The van der Waals surface area contributed by atoms with Crippen molar-refractivity contribution in [2.75, 3.05) is 32.7 Å². The molecule has 1 fully saturated rings. The van der Waals surface area contributed by atoms with Crippen LogP contribution in [0.1, 0.15) is 35.9 Å². The third-order valence-electron chi connectivity index (χ3n) is 5.15. The third kappa shape index (κ3) is 5.89. The molecular formula is C22H31N3OS. The highest BCUT2D eigenvalue weighted by Crippen LogP contribution is 2.25. The first kappa shape index (κ1) is 20.1. The van der Waals surface area contributed by atoms with Gasteiger partial charge in [0.15, 0.2) is 0 Å². The molecule has 1 aliphatic heterocycles. The van der Waals surface area contributed by atoms with Crippen LogP contribution in [0.3, 0.4) is 0 Å². The zero-order chi connectivity index (χ0) is 19.2. The van der Waals surface area contributed by atoms with E-state index in [-0.39, 0.29) is 11.9 Å². The van der Waals surface area contributed by atoms with Gasteiger partial charge in [-0.3, -0.25) is 14.6 Å². The van der Waals surface area contributed by atoms with E-state index in [0.717, 1.165) is 32.7 Å². The van der Waals surface area contributed by atoms with Crippen LogP contribution in [0, 0.1) is 12.8 Å². The predicted molar refractivity (Wildman–Crippen MR) is 113 cm³/mol. The van der Waals surface area contributed by atoms with Gasteiger partial charge in [-0.15, -0.1) is 11.3 Å². The predicted octanol–water partition coefficient (Wildman–Crippen LogP) is 3.69. The second-order valence-corrected chi connectivity index (χ2v) is 8.83. The van der Waals surface area contributed by atoms with Crippen molar-refractivity contribution < 1.29 is 4.79 Å². The van der Waals surface area contributed by atoms with Crippen LogP contribution >= 0.6 is 11.3 Å². The fourth-order valence-electron chi connectivity index (χ4n) is 3.63. The second-order valence-electron chi connectivity index (χ2n) is 7.85. The first-order valence-electron chi connectivity index (χ1n) is 9.84. The summed E-state index contributed by atoms with van der Waals surface area (Å²) in [5.74, 6) is 0.521. The number of rotatable bonds is 7. The molecule has 1 atom stereocenters. The Hall–Kier alpha value is -1.69. The number of amides is 1. The summed E-state index contributed by atoms with van der Waals surface area (Å²) in [6.07, 6.45) is 0. The van der Waals surface area contributed by atoms with Crippen molar-refractivity contribution in [1.82, 2.24) is 15.1 Å². The quantitative estimate of drug-likeness (QED) is 0.790. The van der Waals surface area contributed by atoms with Gasteiger partial charge in [-0.2, -0.15) is 0 Å². The van der Waals surface area contributed by atoms with Crippen LogP contribution in [-0.4, -0.2) is 48.4 Å². The molecule has 1 aromatic heterocycles. The molecule has 1 amide bonds. The Morgan fingerprint density at radius 2 is 1.85 bits per heavy atom. The Labute approximate surface area is 167 Å². The lowest BCUT2D eigenvalue weighted by Gasteiger charge is -2.34. The van der Waals surface area contributed by atoms with E-state index in [9.17, 15) is 4.79 Å². The second kappa shape index (κ2) is 9.49. The summed E-state index contributed by atoms with van der Waals surface area (Å²) < 4.78 is 0. The van der Waals surface area contributed by atoms with Crippen LogP contribution < -0.4 is 5.32 Å². The van der Waals surface area contributed by atoms with Crippen molar-refractivity contribution in [3.8, 4) is 0 Å². The number of benzene rings is 1. The van der Waals surface area contributed by atoms with E-state index in [2.05, 4.69) is 77.7 Å². The monoisotopic (exact) mass is 385 g/mol. The van der Waals surface area contributed by atoms with Gasteiger partial charge in [0.1, 0.15) is 0 Å². The van der Waals surface area contributed by atoms with Crippen LogP contribution in [0.25, 0.3) is 0 Å². The summed E-state index contributed by atoms with van der Waals surface area (Å²) >= 11 is 1.71. The van der Waals surface area contributed by atoms with Crippen molar-refractivity contribution in [1.29, 1.82) is 0 Å². The Bertz CT molecular complexity index is 721. The first-order valence-corrected chi connectivity index (χ1v) is 10.7. The molecule has 1 aromatic carbocycles. The van der Waals surface area contributed by atoms with E-state index in [1.54, 1.807) is 11.3 Å². The van der Waals surface area contributed by atoms with Gasteiger partial charge in [0, 0.05) is 37.6 Å². The highest BCUT2D eigenvalue weighted by Gasteiger charge is 2.23. The molecular weight excluding hydrogens is 354 g/mol. The minimum absolute atomic E-state index is 0.111. The molecule has 146 valence electrons. The lowest BCUT2D eigenvalue weighted by molar-refractivity contribution is -0.123. The molecule has 0 aliphatic carbocycles. The fourth-order valence-corrected chi connectivity index (χ4v) is 4.58. The maximum absolute atomic E-state index is 12.6. The average molecular weight is 386 g/mol. The maximum Gasteiger partial charge on any atom is 0.234 e. The summed E-state index contributed by atoms with van der Waals surface area (Å²) in [6, 6.07) is 13.0. The van der Waals surface area contributed by atoms with Gasteiger partial charge in [0.25, 0.3) is 0 Å². The average Bonchev–Trinajstić information content (AvgIpc) is 3.15. The smallest absolute Gasteiger partial charge is 0.234 e. The third-order valence-corrected chi connectivity index (χ3v) is 6.11. The van der Waals surface area contributed by atoms with Crippen molar-refractivity contribution in [3.63, 3.8) is 0 Å². The maximum atomic E-state index is 12.6. The summed E-state index contributed by atoms with van der Waals surface area (Å²) in [5, 5.41) is 5.31. The molecule has 27 heavy (non-hydrogen) atoms. The first-order chi connectivity index (χ1) is 13.0. The van der Waals surface area contributed by atoms with Crippen LogP contribution in [0.15, 0.2) is 41.8 Å². The van der Waals surface area contributed by atoms with Gasteiger partial charge < -0.3 is 5.32 Å². The molecule has 0 radical (unpaired) electrons. The fraction of sp³-hybridized carbons (Fsp3) is 0.500. The number of nitrogens with one attached hydrogen (secondary N) is 1. The highest BCUT2D eigenvalue weighted by atomic mass is 32.1. The van der Waals surface area contributed by atoms with Gasteiger partial charge in [0.05, 0.1) is 12.6 Å². The number of carbonyl (C=O) groups is 1. The van der Waals surface area contributed by atoms with Crippen LogP contribution in [0.5, 0.6) is 0 Å². The van der Waals surface area contributed by atoms with Crippen LogP contribution in [-0.2, 0) is 11.3 Å². The molecule has 2 heterocycles. The molecule has 1 N–H and O–H groups in total. The zero-order valence-electron chi connectivity index (χ0n) is 16.6. The zero-order valence-corrected chi connectivity index (χ0v) is 17.5. The van der Waals surface area contributed by atoms with E-state index in [4.69, 9.17) is 0 Å². The Morgan fingerprint density at radius 1 is 1.11 bits per heavy atom. The number of piperazine rings is 1. The lowest BCUT2D eigenvalue weighted by atomic mass is 10.0.